The molecule has 152 valence electrons. The molecule has 2 aromatic carbocycles. The fraction of sp³-hybridized carbons (Fsp3) is 0.273. The Morgan fingerprint density at radius 3 is 2.38 bits per heavy atom. The highest BCUT2D eigenvalue weighted by Crippen LogP contribution is 2.29. The lowest BCUT2D eigenvalue weighted by molar-refractivity contribution is 0.0787. The van der Waals surface area contributed by atoms with Gasteiger partial charge in [0.15, 0.2) is 0 Å². The van der Waals surface area contributed by atoms with E-state index < -0.39 is 0 Å². The van der Waals surface area contributed by atoms with Crippen LogP contribution in [0, 0.1) is 19.7 Å². The lowest BCUT2D eigenvalue weighted by Gasteiger charge is -2.17. The molecule has 1 aliphatic heterocycles. The molecule has 1 fully saturated rings. The van der Waals surface area contributed by atoms with Gasteiger partial charge in [0.05, 0.1) is 22.6 Å². The Hall–Kier alpha value is -2.70. The van der Waals surface area contributed by atoms with E-state index in [1.807, 2.05) is 36.9 Å². The molecular weight excluding hydrogens is 391 g/mol. The maximum Gasteiger partial charge on any atom is 0.257 e. The summed E-state index contributed by atoms with van der Waals surface area (Å²) in [4.78, 5) is 15.1. The predicted octanol–water partition coefficient (Wildman–Crippen LogP) is 3.62. The number of hydrogen-bond acceptors (Lipinski definition) is 3. The van der Waals surface area contributed by atoms with E-state index in [0.717, 1.165) is 16.9 Å². The molecule has 1 saturated heterocycles. The van der Waals surface area contributed by atoms with Crippen LogP contribution in [0.5, 0.6) is 0 Å². The smallest absolute Gasteiger partial charge is 0.257 e. The number of likely N-dealkylation sites (tertiary alicyclic amines) is 1. The Labute approximate surface area is 175 Å². The average Bonchev–Trinajstić information content (AvgIpc) is 3.22. The molecular formula is C22H24ClFN4O. The van der Waals surface area contributed by atoms with E-state index in [9.17, 15) is 9.18 Å². The van der Waals surface area contributed by atoms with Crippen molar-refractivity contribution in [2.24, 2.45) is 5.73 Å². The van der Waals surface area contributed by atoms with Crippen LogP contribution in [0.3, 0.4) is 0 Å². The molecule has 5 nitrogen and oxygen atoms in total. The number of rotatable bonds is 3. The lowest BCUT2D eigenvalue weighted by Crippen LogP contribution is -2.32. The number of aromatic nitrogens is 2. The molecule has 0 spiro atoms. The molecule has 2 N–H and O–H groups in total. The molecule has 3 aromatic rings. The summed E-state index contributed by atoms with van der Waals surface area (Å²) in [5.74, 6) is -0.241. The zero-order valence-corrected chi connectivity index (χ0v) is 17.2. The van der Waals surface area contributed by atoms with E-state index in [0.29, 0.717) is 24.3 Å². The Morgan fingerprint density at radius 1 is 1.07 bits per heavy atom. The van der Waals surface area contributed by atoms with E-state index in [2.05, 4.69) is 17.2 Å². The third-order valence-electron chi connectivity index (χ3n) is 5.46. The van der Waals surface area contributed by atoms with Crippen molar-refractivity contribution in [1.29, 1.82) is 0 Å². The van der Waals surface area contributed by atoms with Crippen LogP contribution in [-0.4, -0.2) is 39.7 Å². The molecule has 0 saturated carbocycles. The van der Waals surface area contributed by atoms with Gasteiger partial charge < -0.3 is 10.6 Å². The molecule has 1 aliphatic rings. The zero-order chi connectivity index (χ0) is 19.8. The summed E-state index contributed by atoms with van der Waals surface area (Å²) in [5.41, 5.74) is 10.2. The van der Waals surface area contributed by atoms with Gasteiger partial charge in [-0.1, -0.05) is 30.3 Å². The summed E-state index contributed by atoms with van der Waals surface area (Å²) in [6, 6.07) is 16.1. The lowest BCUT2D eigenvalue weighted by atomic mass is 9.95. The second-order valence-electron chi connectivity index (χ2n) is 7.33. The molecule has 29 heavy (non-hydrogen) atoms. The van der Waals surface area contributed by atoms with Crippen molar-refractivity contribution in [2.75, 3.05) is 13.1 Å². The Morgan fingerprint density at radius 2 is 1.72 bits per heavy atom. The summed E-state index contributed by atoms with van der Waals surface area (Å²) in [6.07, 6.45) is 0. The summed E-state index contributed by atoms with van der Waals surface area (Å²) >= 11 is 0. The van der Waals surface area contributed by atoms with Gasteiger partial charge in [-0.05, 0) is 43.7 Å². The second kappa shape index (κ2) is 8.35. The number of halogens is 2. The first-order chi connectivity index (χ1) is 13.5. The van der Waals surface area contributed by atoms with Gasteiger partial charge in [-0.15, -0.1) is 12.4 Å². The Kier molecular flexibility index (Phi) is 6.05. The first kappa shape index (κ1) is 21.0. The number of benzene rings is 2. The SMILES string of the molecule is Cc1nn(-c2ccc(F)cc2)c(C)c1C(=O)N1C[C@@H](N)[C@H](c2ccccc2)C1.Cl. The van der Waals surface area contributed by atoms with Crippen LogP contribution in [0.25, 0.3) is 5.69 Å². The van der Waals surface area contributed by atoms with E-state index in [1.54, 1.807) is 16.8 Å². The van der Waals surface area contributed by atoms with Crippen molar-refractivity contribution >= 4 is 18.3 Å². The molecule has 0 unspecified atom stereocenters. The van der Waals surface area contributed by atoms with Crippen molar-refractivity contribution in [3.63, 3.8) is 0 Å². The third kappa shape index (κ3) is 3.91. The van der Waals surface area contributed by atoms with Gasteiger partial charge in [0.1, 0.15) is 5.82 Å². The van der Waals surface area contributed by atoms with Crippen LogP contribution < -0.4 is 5.73 Å². The maximum absolute atomic E-state index is 13.3. The van der Waals surface area contributed by atoms with Crippen LogP contribution in [-0.2, 0) is 0 Å². The minimum atomic E-state index is -0.306. The minimum absolute atomic E-state index is 0. The molecule has 0 bridgehead atoms. The summed E-state index contributed by atoms with van der Waals surface area (Å²) in [6.45, 7) is 4.79. The van der Waals surface area contributed by atoms with Gasteiger partial charge in [-0.3, -0.25) is 4.79 Å². The molecule has 0 aliphatic carbocycles. The van der Waals surface area contributed by atoms with Crippen molar-refractivity contribution < 1.29 is 9.18 Å². The first-order valence-corrected chi connectivity index (χ1v) is 9.37. The summed E-state index contributed by atoms with van der Waals surface area (Å²) < 4.78 is 14.9. The average molecular weight is 415 g/mol. The van der Waals surface area contributed by atoms with Gasteiger partial charge in [0.25, 0.3) is 5.91 Å². The van der Waals surface area contributed by atoms with Gasteiger partial charge >= 0.3 is 0 Å². The molecule has 7 heteroatoms. The van der Waals surface area contributed by atoms with Crippen molar-refractivity contribution in [3.8, 4) is 5.69 Å². The highest BCUT2D eigenvalue weighted by molar-refractivity contribution is 5.97. The predicted molar refractivity (Wildman–Crippen MR) is 113 cm³/mol. The zero-order valence-electron chi connectivity index (χ0n) is 16.4. The molecule has 2 atom stereocenters. The van der Waals surface area contributed by atoms with Crippen molar-refractivity contribution in [3.05, 3.63) is 82.9 Å². The second-order valence-corrected chi connectivity index (χ2v) is 7.33. The van der Waals surface area contributed by atoms with Gasteiger partial charge in [-0.2, -0.15) is 5.10 Å². The van der Waals surface area contributed by atoms with Gasteiger partial charge in [-0.25, -0.2) is 9.07 Å². The van der Waals surface area contributed by atoms with Crippen LogP contribution >= 0.6 is 12.4 Å². The Bertz CT molecular complexity index is 1000. The molecule has 2 heterocycles. The number of carbonyl (C=O) groups is 1. The normalized spacial score (nSPS) is 18.6. The topological polar surface area (TPSA) is 64.2 Å². The number of carbonyl (C=O) groups excluding carboxylic acids is 1. The highest BCUT2D eigenvalue weighted by Gasteiger charge is 2.36. The van der Waals surface area contributed by atoms with Crippen LogP contribution in [0.1, 0.15) is 33.2 Å². The van der Waals surface area contributed by atoms with Crippen molar-refractivity contribution in [1.82, 2.24) is 14.7 Å². The largest absolute Gasteiger partial charge is 0.336 e. The standard InChI is InChI=1S/C22H23FN4O.ClH/c1-14-21(15(2)27(25-14)18-10-8-17(23)9-11-18)22(28)26-12-19(20(24)13-26)16-6-4-3-5-7-16;/h3-11,19-20H,12-13,24H2,1-2H3;1H/t19-,20+;/m0./s1. The number of aryl methyl sites for hydroxylation is 1. The summed E-state index contributed by atoms with van der Waals surface area (Å²) in [5, 5.41) is 4.51. The fourth-order valence-electron chi connectivity index (χ4n) is 3.99. The van der Waals surface area contributed by atoms with Crippen LogP contribution in [0.2, 0.25) is 0 Å². The molecule has 1 aromatic heterocycles. The van der Waals surface area contributed by atoms with E-state index >= 15 is 0 Å². The molecule has 1 amide bonds. The van der Waals surface area contributed by atoms with Crippen LogP contribution in [0.4, 0.5) is 4.39 Å². The number of nitrogens with zero attached hydrogens (tertiary/aromatic N) is 3. The quantitative estimate of drug-likeness (QED) is 0.712. The highest BCUT2D eigenvalue weighted by atomic mass is 35.5. The van der Waals surface area contributed by atoms with E-state index in [4.69, 9.17) is 5.73 Å². The molecule has 4 rings (SSSR count). The van der Waals surface area contributed by atoms with Gasteiger partial charge in [0.2, 0.25) is 0 Å². The van der Waals surface area contributed by atoms with Crippen molar-refractivity contribution in [2.45, 2.75) is 25.8 Å². The molecule has 0 radical (unpaired) electrons. The maximum atomic E-state index is 13.3. The van der Waals surface area contributed by atoms with E-state index in [-0.39, 0.29) is 36.1 Å². The summed E-state index contributed by atoms with van der Waals surface area (Å²) in [7, 11) is 0. The first-order valence-electron chi connectivity index (χ1n) is 9.37. The van der Waals surface area contributed by atoms with Crippen LogP contribution in [0.15, 0.2) is 54.6 Å². The monoisotopic (exact) mass is 414 g/mol. The number of hydrogen-bond donors (Lipinski definition) is 1. The van der Waals surface area contributed by atoms with E-state index in [1.165, 1.54) is 12.1 Å². The Balaban J connectivity index is 0.00000240. The number of amides is 1. The third-order valence-corrected chi connectivity index (χ3v) is 5.46. The minimum Gasteiger partial charge on any atom is -0.336 e. The van der Waals surface area contributed by atoms with Gasteiger partial charge in [0, 0.05) is 25.0 Å². The fourth-order valence-corrected chi connectivity index (χ4v) is 3.99. The number of nitrogens with two attached hydrogens (primary N) is 1.